The minimum Gasteiger partial charge on any atom is -0.298 e. The summed E-state index contributed by atoms with van der Waals surface area (Å²) in [5, 5.41) is 9.70. The maximum Gasteiger partial charge on any atom is 0.150 e. The summed E-state index contributed by atoms with van der Waals surface area (Å²) in [6.45, 7) is 0. The molecule has 0 spiro atoms. The summed E-state index contributed by atoms with van der Waals surface area (Å²) < 4.78 is 0. The van der Waals surface area contributed by atoms with E-state index in [0.717, 1.165) is 17.4 Å². The molecule has 0 atom stereocenters. The zero-order valence-corrected chi connectivity index (χ0v) is 22.9. The Hall–Kier alpha value is -5.53. The number of fused-ring (bicyclic) bond motifs is 4. The summed E-state index contributed by atoms with van der Waals surface area (Å²) in [7, 11) is 0. The Morgan fingerprint density at radius 2 is 0.833 bits per heavy atom. The highest BCUT2D eigenvalue weighted by atomic mass is 16.1. The lowest BCUT2D eigenvalue weighted by atomic mass is 9.84. The summed E-state index contributed by atoms with van der Waals surface area (Å²) in [6.07, 6.45) is 0.949. The van der Waals surface area contributed by atoms with Gasteiger partial charge in [-0.25, -0.2) is 0 Å². The van der Waals surface area contributed by atoms with Crippen molar-refractivity contribution in [1.82, 2.24) is 0 Å². The maximum absolute atomic E-state index is 12.0. The van der Waals surface area contributed by atoms with Gasteiger partial charge in [0.15, 0.2) is 6.29 Å². The third kappa shape index (κ3) is 3.90. The molecular weight excluding hydrogens is 508 g/mol. The molecule has 0 saturated carbocycles. The van der Waals surface area contributed by atoms with Gasteiger partial charge in [-0.05, 0) is 94.7 Å². The van der Waals surface area contributed by atoms with Gasteiger partial charge in [0.25, 0.3) is 0 Å². The van der Waals surface area contributed by atoms with E-state index in [-0.39, 0.29) is 0 Å². The first-order chi connectivity index (χ1) is 20.8. The fourth-order valence-corrected chi connectivity index (χ4v) is 6.52. The van der Waals surface area contributed by atoms with Crippen molar-refractivity contribution in [2.45, 2.75) is 0 Å². The first kappa shape index (κ1) is 24.3. The third-order valence-corrected chi connectivity index (χ3v) is 8.50. The maximum atomic E-state index is 12.0. The third-order valence-electron chi connectivity index (χ3n) is 8.50. The van der Waals surface area contributed by atoms with Gasteiger partial charge < -0.3 is 0 Å². The smallest absolute Gasteiger partial charge is 0.150 e. The van der Waals surface area contributed by atoms with Gasteiger partial charge in [-0.3, -0.25) is 4.79 Å². The lowest BCUT2D eigenvalue weighted by Crippen LogP contribution is -1.93. The molecule has 8 aromatic rings. The Bertz CT molecular complexity index is 2330. The highest BCUT2D eigenvalue weighted by Crippen LogP contribution is 2.45. The van der Waals surface area contributed by atoms with Crippen molar-refractivity contribution in [2.75, 3.05) is 0 Å². The van der Waals surface area contributed by atoms with Crippen LogP contribution in [0.25, 0.3) is 76.5 Å². The van der Waals surface area contributed by atoms with Crippen molar-refractivity contribution in [3.63, 3.8) is 0 Å². The van der Waals surface area contributed by atoms with E-state index in [4.69, 9.17) is 0 Å². The van der Waals surface area contributed by atoms with E-state index in [1.807, 2.05) is 24.3 Å². The van der Waals surface area contributed by atoms with Crippen molar-refractivity contribution < 1.29 is 4.79 Å². The molecule has 0 unspecified atom stereocenters. The van der Waals surface area contributed by atoms with Crippen molar-refractivity contribution >= 4 is 49.4 Å². The number of carbonyl (C=O) groups excluding carboxylic acids is 1. The molecule has 0 saturated heterocycles. The topological polar surface area (TPSA) is 17.1 Å². The van der Waals surface area contributed by atoms with Gasteiger partial charge in [-0.2, -0.15) is 0 Å². The Kier molecular flexibility index (Phi) is 5.68. The van der Waals surface area contributed by atoms with Gasteiger partial charge in [-0.1, -0.05) is 133 Å². The Morgan fingerprint density at radius 1 is 0.357 bits per heavy atom. The van der Waals surface area contributed by atoms with Gasteiger partial charge in [0, 0.05) is 5.56 Å². The van der Waals surface area contributed by atoms with E-state index >= 15 is 0 Å². The van der Waals surface area contributed by atoms with E-state index < -0.39 is 0 Å². The van der Waals surface area contributed by atoms with Crippen LogP contribution in [0.4, 0.5) is 0 Å². The molecule has 8 aromatic carbocycles. The highest BCUT2D eigenvalue weighted by Gasteiger charge is 2.18. The van der Waals surface area contributed by atoms with Crippen molar-refractivity contribution in [1.29, 1.82) is 0 Å². The predicted molar refractivity (Wildman–Crippen MR) is 178 cm³/mol. The highest BCUT2D eigenvalue weighted by molar-refractivity contribution is 6.22. The van der Waals surface area contributed by atoms with Crippen LogP contribution in [-0.4, -0.2) is 6.29 Å². The number of carbonyl (C=O) groups is 1. The number of benzene rings is 8. The first-order valence-electron chi connectivity index (χ1n) is 14.3. The second-order valence-corrected chi connectivity index (χ2v) is 10.9. The van der Waals surface area contributed by atoms with Crippen LogP contribution in [0.3, 0.4) is 0 Å². The number of rotatable bonds is 4. The van der Waals surface area contributed by atoms with E-state index in [0.29, 0.717) is 5.56 Å². The number of hydrogen-bond acceptors (Lipinski definition) is 1. The van der Waals surface area contributed by atoms with Crippen molar-refractivity contribution in [3.8, 4) is 33.4 Å². The zero-order valence-electron chi connectivity index (χ0n) is 22.9. The number of hydrogen-bond donors (Lipinski definition) is 0. The largest absolute Gasteiger partial charge is 0.298 e. The van der Waals surface area contributed by atoms with Gasteiger partial charge in [-0.15, -0.1) is 0 Å². The molecule has 42 heavy (non-hydrogen) atoms. The van der Waals surface area contributed by atoms with Crippen molar-refractivity contribution in [2.24, 2.45) is 0 Å². The lowest BCUT2D eigenvalue weighted by Gasteiger charge is -2.19. The number of aldehydes is 1. The van der Waals surface area contributed by atoms with Gasteiger partial charge in [0.05, 0.1) is 0 Å². The molecule has 8 rings (SSSR count). The summed E-state index contributed by atoms with van der Waals surface area (Å²) in [5.74, 6) is 0. The normalized spacial score (nSPS) is 11.4. The molecule has 0 bridgehead atoms. The molecule has 0 fully saturated rings. The van der Waals surface area contributed by atoms with E-state index in [1.54, 1.807) is 0 Å². The SMILES string of the molecule is O=Cc1ccccc1-c1ccc2c(-c3ccc4ccccc4c3)c3ccccc3c(-c3ccc4ccccc4c3)c2c1. The summed E-state index contributed by atoms with van der Waals surface area (Å²) in [6, 6.07) is 53.9. The minimum atomic E-state index is 0.694. The predicted octanol–water partition coefficient (Wildman–Crippen LogP) is 11.1. The summed E-state index contributed by atoms with van der Waals surface area (Å²) >= 11 is 0. The van der Waals surface area contributed by atoms with Gasteiger partial charge in [0.2, 0.25) is 0 Å². The summed E-state index contributed by atoms with van der Waals surface area (Å²) in [5.41, 5.74) is 7.49. The molecule has 0 radical (unpaired) electrons. The van der Waals surface area contributed by atoms with Gasteiger partial charge >= 0.3 is 0 Å². The van der Waals surface area contributed by atoms with Gasteiger partial charge in [0.1, 0.15) is 0 Å². The molecule has 0 amide bonds. The average Bonchev–Trinajstić information content (AvgIpc) is 3.06. The molecule has 0 aliphatic heterocycles. The molecule has 0 N–H and O–H groups in total. The standard InChI is InChI=1S/C41H26O/c42-26-34-13-5-6-14-35(34)31-21-22-38-39(25-31)41(33-20-18-28-10-2-4-12-30(28)24-33)37-16-8-7-15-36(37)40(38)32-19-17-27-9-1-3-11-29(27)23-32/h1-26H. The molecular formula is C41H26O. The van der Waals surface area contributed by atoms with E-state index in [2.05, 4.69) is 127 Å². The summed E-state index contributed by atoms with van der Waals surface area (Å²) in [4.78, 5) is 12.0. The van der Waals surface area contributed by atoms with Crippen LogP contribution in [0.1, 0.15) is 10.4 Å². The Balaban J connectivity index is 1.52. The molecule has 0 aliphatic rings. The zero-order chi connectivity index (χ0) is 28.0. The molecule has 1 nitrogen and oxygen atoms in total. The van der Waals surface area contributed by atoms with Crippen LogP contribution in [0.15, 0.2) is 152 Å². The van der Waals surface area contributed by atoms with Crippen LogP contribution in [0.5, 0.6) is 0 Å². The molecule has 1 heteroatoms. The molecule has 196 valence electrons. The average molecular weight is 535 g/mol. The fraction of sp³-hybridized carbons (Fsp3) is 0. The molecule has 0 aliphatic carbocycles. The van der Waals surface area contributed by atoms with Crippen LogP contribution >= 0.6 is 0 Å². The second-order valence-electron chi connectivity index (χ2n) is 10.9. The Labute approximate surface area is 244 Å². The van der Waals surface area contributed by atoms with Crippen LogP contribution in [-0.2, 0) is 0 Å². The second kappa shape index (κ2) is 9.83. The van der Waals surface area contributed by atoms with Crippen LogP contribution in [0, 0.1) is 0 Å². The van der Waals surface area contributed by atoms with E-state index in [9.17, 15) is 4.79 Å². The fourth-order valence-electron chi connectivity index (χ4n) is 6.52. The quantitative estimate of drug-likeness (QED) is 0.162. The Morgan fingerprint density at radius 3 is 1.45 bits per heavy atom. The lowest BCUT2D eigenvalue weighted by molar-refractivity contribution is 0.112. The monoisotopic (exact) mass is 534 g/mol. The van der Waals surface area contributed by atoms with Crippen LogP contribution in [0.2, 0.25) is 0 Å². The molecule has 0 heterocycles. The van der Waals surface area contributed by atoms with Crippen molar-refractivity contribution in [3.05, 3.63) is 157 Å². The minimum absolute atomic E-state index is 0.694. The molecule has 0 aromatic heterocycles. The van der Waals surface area contributed by atoms with E-state index in [1.165, 1.54) is 65.3 Å². The van der Waals surface area contributed by atoms with Crippen LogP contribution < -0.4 is 0 Å². The first-order valence-corrected chi connectivity index (χ1v) is 14.3.